The number of hydrogen-bond acceptors (Lipinski definition) is 3. The number of nitrogens with two attached hydrogens (primary N) is 1. The lowest BCUT2D eigenvalue weighted by atomic mass is 9.79. The summed E-state index contributed by atoms with van der Waals surface area (Å²) in [5.74, 6) is 1.19. The molecule has 2 rings (SSSR count). The maximum Gasteiger partial charge on any atom is 0.0757 e. The lowest BCUT2D eigenvalue weighted by Gasteiger charge is -2.36. The molecule has 1 saturated carbocycles. The van der Waals surface area contributed by atoms with Gasteiger partial charge in [0.05, 0.1) is 12.7 Å². The quantitative estimate of drug-likeness (QED) is 0.803. The first-order valence-corrected chi connectivity index (χ1v) is 7.28. The van der Waals surface area contributed by atoms with Crippen LogP contribution in [-0.2, 0) is 9.47 Å². The molecular weight excluding hydrogens is 214 g/mol. The third-order valence-corrected chi connectivity index (χ3v) is 4.36. The van der Waals surface area contributed by atoms with E-state index in [1.54, 1.807) is 0 Å². The van der Waals surface area contributed by atoms with Crippen molar-refractivity contribution in [2.75, 3.05) is 19.8 Å². The Kier molecular flexibility index (Phi) is 5.26. The molecule has 0 radical (unpaired) electrons. The van der Waals surface area contributed by atoms with Gasteiger partial charge in [0.2, 0.25) is 0 Å². The van der Waals surface area contributed by atoms with Crippen molar-refractivity contribution < 1.29 is 9.47 Å². The summed E-state index contributed by atoms with van der Waals surface area (Å²) in [7, 11) is 0. The summed E-state index contributed by atoms with van der Waals surface area (Å²) in [6.45, 7) is 4.56. The van der Waals surface area contributed by atoms with Crippen LogP contribution < -0.4 is 5.73 Å². The van der Waals surface area contributed by atoms with Gasteiger partial charge in [0.25, 0.3) is 0 Å². The first-order valence-electron chi connectivity index (χ1n) is 7.28. The summed E-state index contributed by atoms with van der Waals surface area (Å²) in [6, 6.07) is 0.167. The van der Waals surface area contributed by atoms with Crippen molar-refractivity contribution in [3.63, 3.8) is 0 Å². The fraction of sp³-hybridized carbons (Fsp3) is 1.00. The first-order chi connectivity index (χ1) is 8.33. The Morgan fingerprint density at radius 1 is 1.18 bits per heavy atom. The second kappa shape index (κ2) is 6.72. The zero-order valence-electron chi connectivity index (χ0n) is 11.1. The van der Waals surface area contributed by atoms with Crippen LogP contribution in [0.3, 0.4) is 0 Å². The molecule has 3 atom stereocenters. The summed E-state index contributed by atoms with van der Waals surface area (Å²) >= 11 is 0. The van der Waals surface area contributed by atoms with Crippen LogP contribution in [-0.4, -0.2) is 32.0 Å². The highest BCUT2D eigenvalue weighted by Crippen LogP contribution is 2.32. The Bertz CT molecular complexity index is 210. The minimum Gasteiger partial charge on any atom is -0.381 e. The highest BCUT2D eigenvalue weighted by atomic mass is 16.5. The predicted molar refractivity (Wildman–Crippen MR) is 68.9 cm³/mol. The van der Waals surface area contributed by atoms with Crippen LogP contribution in [0.1, 0.15) is 45.4 Å². The average Bonchev–Trinajstić information content (AvgIpc) is 2.90. The first kappa shape index (κ1) is 13.3. The molecule has 0 aromatic rings. The summed E-state index contributed by atoms with van der Waals surface area (Å²) < 4.78 is 11.4. The van der Waals surface area contributed by atoms with E-state index >= 15 is 0 Å². The molecular formula is C14H27NO2. The lowest BCUT2D eigenvalue weighted by molar-refractivity contribution is -0.0224. The van der Waals surface area contributed by atoms with Crippen LogP contribution in [0.2, 0.25) is 0 Å². The van der Waals surface area contributed by atoms with Gasteiger partial charge in [0.1, 0.15) is 0 Å². The largest absolute Gasteiger partial charge is 0.381 e. The summed E-state index contributed by atoms with van der Waals surface area (Å²) in [4.78, 5) is 0. The van der Waals surface area contributed by atoms with E-state index in [1.807, 2.05) is 0 Å². The van der Waals surface area contributed by atoms with E-state index in [1.165, 1.54) is 32.1 Å². The molecule has 0 amide bonds. The van der Waals surface area contributed by atoms with E-state index in [0.29, 0.717) is 11.8 Å². The van der Waals surface area contributed by atoms with E-state index in [2.05, 4.69) is 6.92 Å². The third-order valence-electron chi connectivity index (χ3n) is 4.36. The smallest absolute Gasteiger partial charge is 0.0757 e. The molecule has 0 aromatic carbocycles. The summed E-state index contributed by atoms with van der Waals surface area (Å²) in [6.07, 6.45) is 8.04. The van der Waals surface area contributed by atoms with Gasteiger partial charge >= 0.3 is 0 Å². The number of hydrogen-bond donors (Lipinski definition) is 1. The molecule has 3 nitrogen and oxygen atoms in total. The molecule has 2 fully saturated rings. The van der Waals surface area contributed by atoms with Crippen LogP contribution in [0.4, 0.5) is 0 Å². The van der Waals surface area contributed by atoms with Crippen LogP contribution in [0.5, 0.6) is 0 Å². The zero-order valence-corrected chi connectivity index (χ0v) is 11.1. The van der Waals surface area contributed by atoms with Crippen molar-refractivity contribution in [3.05, 3.63) is 0 Å². The zero-order chi connectivity index (χ0) is 12.1. The number of rotatable bonds is 5. The normalized spacial score (nSPS) is 30.4. The standard InChI is InChI=1S/C14H27NO2/c1-2-17-14(11-6-4-3-5-7-11)13(15)12-8-9-16-10-12/h11-14H,2-10,15H2,1H3. The van der Waals surface area contributed by atoms with Crippen molar-refractivity contribution in [1.29, 1.82) is 0 Å². The molecule has 1 saturated heterocycles. The highest BCUT2D eigenvalue weighted by Gasteiger charge is 2.35. The molecule has 0 aromatic heterocycles. The van der Waals surface area contributed by atoms with Crippen LogP contribution in [0.15, 0.2) is 0 Å². The van der Waals surface area contributed by atoms with Crippen molar-refractivity contribution in [3.8, 4) is 0 Å². The Labute approximate surface area is 105 Å². The molecule has 1 aliphatic carbocycles. The van der Waals surface area contributed by atoms with Gasteiger partial charge in [-0.15, -0.1) is 0 Å². The van der Waals surface area contributed by atoms with Crippen LogP contribution >= 0.6 is 0 Å². The molecule has 3 unspecified atom stereocenters. The average molecular weight is 241 g/mol. The Morgan fingerprint density at radius 2 is 1.94 bits per heavy atom. The van der Waals surface area contributed by atoms with Gasteiger partial charge in [-0.1, -0.05) is 19.3 Å². The summed E-state index contributed by atoms with van der Waals surface area (Å²) in [5, 5.41) is 0. The van der Waals surface area contributed by atoms with Crippen molar-refractivity contribution in [2.45, 2.75) is 57.6 Å². The van der Waals surface area contributed by atoms with Crippen molar-refractivity contribution in [2.24, 2.45) is 17.6 Å². The van der Waals surface area contributed by atoms with Crippen molar-refractivity contribution in [1.82, 2.24) is 0 Å². The van der Waals surface area contributed by atoms with E-state index in [4.69, 9.17) is 15.2 Å². The van der Waals surface area contributed by atoms with Crippen molar-refractivity contribution >= 4 is 0 Å². The predicted octanol–water partition coefficient (Wildman–Crippen LogP) is 2.34. The molecule has 1 heterocycles. The van der Waals surface area contributed by atoms with E-state index < -0.39 is 0 Å². The van der Waals surface area contributed by atoms with Crippen LogP contribution in [0, 0.1) is 11.8 Å². The van der Waals surface area contributed by atoms with Gasteiger partial charge < -0.3 is 15.2 Å². The highest BCUT2D eigenvalue weighted by molar-refractivity contribution is 4.88. The van der Waals surface area contributed by atoms with Gasteiger partial charge in [0, 0.05) is 25.2 Å². The Morgan fingerprint density at radius 3 is 2.53 bits per heavy atom. The topological polar surface area (TPSA) is 44.5 Å². The monoisotopic (exact) mass is 241 g/mol. The molecule has 3 heteroatoms. The summed E-state index contributed by atoms with van der Waals surface area (Å²) in [5.41, 5.74) is 6.44. The van der Waals surface area contributed by atoms with E-state index in [-0.39, 0.29) is 12.1 Å². The van der Waals surface area contributed by atoms with Crippen LogP contribution in [0.25, 0.3) is 0 Å². The molecule has 2 aliphatic rings. The molecule has 100 valence electrons. The molecule has 0 bridgehead atoms. The molecule has 1 aliphatic heterocycles. The lowest BCUT2D eigenvalue weighted by Crippen LogP contribution is -2.47. The molecule has 0 spiro atoms. The van der Waals surface area contributed by atoms with Gasteiger partial charge in [-0.05, 0) is 32.1 Å². The third kappa shape index (κ3) is 3.43. The second-order valence-corrected chi connectivity index (χ2v) is 5.52. The SMILES string of the molecule is CCOC(C1CCCCC1)C(N)C1CCOC1. The number of ether oxygens (including phenoxy) is 2. The Hall–Kier alpha value is -0.120. The second-order valence-electron chi connectivity index (χ2n) is 5.52. The fourth-order valence-electron chi connectivity index (χ4n) is 3.34. The Balaban J connectivity index is 1.93. The minimum absolute atomic E-state index is 0.167. The maximum absolute atomic E-state index is 6.44. The fourth-order valence-corrected chi connectivity index (χ4v) is 3.34. The minimum atomic E-state index is 0.167. The van der Waals surface area contributed by atoms with Gasteiger partial charge in [-0.25, -0.2) is 0 Å². The van der Waals surface area contributed by atoms with E-state index in [0.717, 1.165) is 26.2 Å². The molecule has 2 N–H and O–H groups in total. The van der Waals surface area contributed by atoms with Gasteiger partial charge in [0.15, 0.2) is 0 Å². The maximum atomic E-state index is 6.44. The van der Waals surface area contributed by atoms with Gasteiger partial charge in [-0.2, -0.15) is 0 Å². The van der Waals surface area contributed by atoms with E-state index in [9.17, 15) is 0 Å². The van der Waals surface area contributed by atoms with Gasteiger partial charge in [-0.3, -0.25) is 0 Å². The molecule has 17 heavy (non-hydrogen) atoms.